The minimum absolute atomic E-state index is 0.230. The van der Waals surface area contributed by atoms with Crippen LogP contribution in [0.3, 0.4) is 0 Å². The maximum Gasteiger partial charge on any atom is 0.247 e. The van der Waals surface area contributed by atoms with E-state index < -0.39 is 11.6 Å². The molecule has 2 aliphatic heterocycles. The van der Waals surface area contributed by atoms with Crippen LogP contribution in [0.15, 0.2) is 79.6 Å². The van der Waals surface area contributed by atoms with Crippen molar-refractivity contribution in [2.24, 2.45) is 0 Å². The van der Waals surface area contributed by atoms with Crippen LogP contribution in [-0.4, -0.2) is 67.2 Å². The number of anilines is 5. The molecule has 48 heavy (non-hydrogen) atoms. The third-order valence-electron chi connectivity index (χ3n) is 8.42. The van der Waals surface area contributed by atoms with Gasteiger partial charge in [-0.05, 0) is 55.9 Å². The predicted octanol–water partition coefficient (Wildman–Crippen LogP) is 6.45. The number of hydroxylamine groups is 1. The highest BCUT2D eigenvalue weighted by Gasteiger charge is 2.30. The Morgan fingerprint density at radius 2 is 1.88 bits per heavy atom. The maximum absolute atomic E-state index is 14.8. The number of likely N-dealkylation sites (N-methyl/N-ethyl adjacent to an activating group) is 1. The normalized spacial score (nSPS) is 18.0. The lowest BCUT2D eigenvalue weighted by Gasteiger charge is -2.40. The van der Waals surface area contributed by atoms with Crippen molar-refractivity contribution in [2.75, 3.05) is 61.0 Å². The third-order valence-corrected chi connectivity index (χ3v) is 8.42. The SMILES string of the molecule is C=CC(=O)Nc1cc(Nc2cc(N3OCCC3c3cc(F)cc(Oc4cccc(F)c4)c3)ncn2)c(OC)cc1N1CCN(C)C(C)C1. The number of halogens is 2. The highest BCUT2D eigenvalue weighted by molar-refractivity contribution is 6.02. The van der Waals surface area contributed by atoms with Crippen LogP contribution < -0.4 is 30.1 Å². The van der Waals surface area contributed by atoms with Crippen molar-refractivity contribution in [3.05, 3.63) is 96.8 Å². The Morgan fingerprint density at radius 1 is 1.04 bits per heavy atom. The smallest absolute Gasteiger partial charge is 0.247 e. The fraction of sp³-hybridized carbons (Fsp3) is 0.286. The summed E-state index contributed by atoms with van der Waals surface area (Å²) in [6, 6.07) is 15.4. The second-order valence-corrected chi connectivity index (χ2v) is 11.7. The molecule has 6 rings (SSSR count). The number of hydrogen-bond acceptors (Lipinski definition) is 10. The van der Waals surface area contributed by atoms with Gasteiger partial charge >= 0.3 is 0 Å². The number of nitrogens with zero attached hydrogens (tertiary/aromatic N) is 5. The molecule has 1 aromatic heterocycles. The number of carbonyl (C=O) groups excluding carboxylic acids is 1. The van der Waals surface area contributed by atoms with Gasteiger partial charge in [-0.3, -0.25) is 9.63 Å². The number of methoxy groups -OCH3 is 1. The number of hydrogen-bond donors (Lipinski definition) is 2. The van der Waals surface area contributed by atoms with Crippen molar-refractivity contribution in [1.82, 2.24) is 14.9 Å². The van der Waals surface area contributed by atoms with E-state index in [4.69, 9.17) is 14.3 Å². The average Bonchev–Trinajstić information content (AvgIpc) is 3.57. The molecule has 0 saturated carbocycles. The summed E-state index contributed by atoms with van der Waals surface area (Å²) in [5.41, 5.74) is 2.60. The quantitative estimate of drug-likeness (QED) is 0.185. The molecule has 1 amide bonds. The molecule has 3 aromatic carbocycles. The minimum Gasteiger partial charge on any atom is -0.494 e. The number of nitrogens with one attached hydrogen (secondary N) is 2. The summed E-state index contributed by atoms with van der Waals surface area (Å²) < 4.78 is 40.0. The summed E-state index contributed by atoms with van der Waals surface area (Å²) in [7, 11) is 3.68. The Balaban J connectivity index is 1.27. The van der Waals surface area contributed by atoms with Crippen LogP contribution in [0.1, 0.15) is 24.9 Å². The molecule has 11 nitrogen and oxygen atoms in total. The fourth-order valence-electron chi connectivity index (χ4n) is 5.82. The molecule has 13 heteroatoms. The molecule has 3 heterocycles. The summed E-state index contributed by atoms with van der Waals surface area (Å²) in [6.45, 7) is 8.58. The number of aromatic nitrogens is 2. The number of piperazine rings is 1. The second-order valence-electron chi connectivity index (χ2n) is 11.7. The van der Waals surface area contributed by atoms with Gasteiger partial charge in [-0.25, -0.2) is 23.8 Å². The minimum atomic E-state index is -0.503. The van der Waals surface area contributed by atoms with Gasteiger partial charge in [0.25, 0.3) is 0 Å². The van der Waals surface area contributed by atoms with Crippen molar-refractivity contribution < 1.29 is 27.9 Å². The first-order chi connectivity index (χ1) is 23.2. The Hall–Kier alpha value is -5.27. The second kappa shape index (κ2) is 14.2. The van der Waals surface area contributed by atoms with Gasteiger partial charge in [0.2, 0.25) is 5.91 Å². The monoisotopic (exact) mass is 657 g/mol. The standard InChI is InChI=1S/C35H37F2N7O4/c1-5-35(45)41-28-17-29(32(46-4)18-31(28)43-11-10-42(3)22(2)20-43)40-33-19-34(39-21-38-33)44-30(9-12-47-44)23-13-25(37)16-27(14-23)48-26-8-6-7-24(36)15-26/h5-8,13-19,21-22,30H,1,9-12,20H2,2-4H3,(H,41,45)(H,38,39,40). The van der Waals surface area contributed by atoms with E-state index in [2.05, 4.69) is 51.0 Å². The predicted molar refractivity (Wildman–Crippen MR) is 180 cm³/mol. The van der Waals surface area contributed by atoms with Gasteiger partial charge in [-0.1, -0.05) is 12.6 Å². The van der Waals surface area contributed by atoms with Crippen LogP contribution in [0.25, 0.3) is 0 Å². The molecule has 4 aromatic rings. The Bertz CT molecular complexity index is 1810. The van der Waals surface area contributed by atoms with Gasteiger partial charge in [0.05, 0.1) is 36.8 Å². The van der Waals surface area contributed by atoms with Gasteiger partial charge in [0.15, 0.2) is 5.82 Å². The molecule has 2 saturated heterocycles. The first-order valence-corrected chi connectivity index (χ1v) is 15.6. The zero-order valence-corrected chi connectivity index (χ0v) is 27.0. The average molecular weight is 658 g/mol. The molecule has 2 fully saturated rings. The maximum atomic E-state index is 14.8. The number of rotatable bonds is 10. The molecule has 2 unspecified atom stereocenters. The van der Waals surface area contributed by atoms with Crippen LogP contribution >= 0.6 is 0 Å². The summed E-state index contributed by atoms with van der Waals surface area (Å²) in [5.74, 6) is 0.616. The molecule has 0 bridgehead atoms. The topological polar surface area (TPSA) is 104 Å². The van der Waals surface area contributed by atoms with Gasteiger partial charge in [-0.15, -0.1) is 0 Å². The van der Waals surface area contributed by atoms with Crippen molar-refractivity contribution in [2.45, 2.75) is 25.4 Å². The van der Waals surface area contributed by atoms with Gasteiger partial charge in [-0.2, -0.15) is 0 Å². The zero-order chi connectivity index (χ0) is 33.8. The third kappa shape index (κ3) is 7.32. The van der Waals surface area contributed by atoms with Crippen molar-refractivity contribution in [1.29, 1.82) is 0 Å². The summed E-state index contributed by atoms with van der Waals surface area (Å²) in [6.07, 6.45) is 3.18. The van der Waals surface area contributed by atoms with Crippen LogP contribution in [0, 0.1) is 11.6 Å². The van der Waals surface area contributed by atoms with E-state index >= 15 is 0 Å². The van der Waals surface area contributed by atoms with E-state index in [0.29, 0.717) is 53.4 Å². The van der Waals surface area contributed by atoms with E-state index in [0.717, 1.165) is 25.3 Å². The summed E-state index contributed by atoms with van der Waals surface area (Å²) >= 11 is 0. The van der Waals surface area contributed by atoms with Gasteiger partial charge in [0, 0.05) is 56.4 Å². The first-order valence-electron chi connectivity index (χ1n) is 15.6. The Labute approximate surface area is 277 Å². The van der Waals surface area contributed by atoms with E-state index in [1.165, 1.54) is 42.7 Å². The molecule has 0 spiro atoms. The highest BCUT2D eigenvalue weighted by atomic mass is 19.1. The molecule has 0 radical (unpaired) electrons. The van der Waals surface area contributed by atoms with Crippen molar-refractivity contribution >= 4 is 34.6 Å². The molecule has 2 aliphatic rings. The largest absolute Gasteiger partial charge is 0.494 e. The van der Waals surface area contributed by atoms with Crippen LogP contribution in [0.5, 0.6) is 17.2 Å². The molecule has 0 aliphatic carbocycles. The van der Waals surface area contributed by atoms with Gasteiger partial charge in [0.1, 0.15) is 41.0 Å². The van der Waals surface area contributed by atoms with Crippen molar-refractivity contribution in [3.8, 4) is 17.2 Å². The van der Waals surface area contributed by atoms with E-state index in [-0.39, 0.29) is 23.4 Å². The van der Waals surface area contributed by atoms with Gasteiger partial charge < -0.3 is 29.9 Å². The molecule has 250 valence electrons. The Kier molecular flexibility index (Phi) is 9.69. The number of amides is 1. The Morgan fingerprint density at radius 3 is 2.65 bits per heavy atom. The lowest BCUT2D eigenvalue weighted by Crippen LogP contribution is -2.50. The highest BCUT2D eigenvalue weighted by Crippen LogP contribution is 2.41. The first kappa shape index (κ1) is 32.7. The van der Waals surface area contributed by atoms with E-state index in [1.807, 2.05) is 12.1 Å². The van der Waals surface area contributed by atoms with Crippen LogP contribution in [-0.2, 0) is 9.63 Å². The number of benzene rings is 3. The zero-order valence-electron chi connectivity index (χ0n) is 27.0. The van der Waals surface area contributed by atoms with E-state index in [9.17, 15) is 13.6 Å². The van der Waals surface area contributed by atoms with Crippen molar-refractivity contribution in [3.63, 3.8) is 0 Å². The van der Waals surface area contributed by atoms with Crippen LogP contribution in [0.2, 0.25) is 0 Å². The molecular weight excluding hydrogens is 620 g/mol. The molecule has 2 N–H and O–H groups in total. The molecule has 2 atom stereocenters. The summed E-state index contributed by atoms with van der Waals surface area (Å²) in [5, 5.41) is 7.85. The van der Waals surface area contributed by atoms with Crippen LogP contribution in [0.4, 0.5) is 37.5 Å². The number of ether oxygens (including phenoxy) is 2. The fourth-order valence-corrected chi connectivity index (χ4v) is 5.82. The lowest BCUT2D eigenvalue weighted by atomic mass is 10.0. The lowest BCUT2D eigenvalue weighted by molar-refractivity contribution is -0.111. The van der Waals surface area contributed by atoms with E-state index in [1.54, 1.807) is 30.4 Å². The molecular formula is C35H37F2N7O4. The number of carbonyl (C=O) groups is 1. The summed E-state index contributed by atoms with van der Waals surface area (Å²) in [4.78, 5) is 31.8.